The average molecular weight is 328 g/mol. The molecule has 118 valence electrons. The summed E-state index contributed by atoms with van der Waals surface area (Å²) < 4.78 is 5.42. The minimum absolute atomic E-state index is 0.0188. The number of nitrogens with one attached hydrogen (secondary N) is 1. The molecule has 0 atom stereocenters. The fourth-order valence-corrected chi connectivity index (χ4v) is 3.09. The van der Waals surface area contributed by atoms with Crippen LogP contribution in [-0.4, -0.2) is 25.0 Å². The van der Waals surface area contributed by atoms with E-state index in [1.54, 1.807) is 40.5 Å². The molecule has 1 aliphatic heterocycles. The van der Waals surface area contributed by atoms with Gasteiger partial charge in [0.15, 0.2) is 6.61 Å². The summed E-state index contributed by atoms with van der Waals surface area (Å²) in [5.41, 5.74) is 1.28. The number of carbonyl (C=O) groups excluding carboxylic acids is 2. The van der Waals surface area contributed by atoms with Gasteiger partial charge in [0.25, 0.3) is 5.91 Å². The molecule has 2 heterocycles. The highest BCUT2D eigenvalue weighted by Gasteiger charge is 2.25. The number of ether oxygens (including phenoxy) is 1. The van der Waals surface area contributed by atoms with E-state index in [2.05, 4.69) is 11.9 Å². The molecule has 0 radical (unpaired) electrons. The molecule has 0 saturated carbocycles. The van der Waals surface area contributed by atoms with Crippen LogP contribution in [0, 0.1) is 0 Å². The molecule has 0 saturated heterocycles. The average Bonchev–Trinajstić information content (AvgIpc) is 3.03. The van der Waals surface area contributed by atoms with Crippen LogP contribution in [0.4, 0.5) is 11.4 Å². The second kappa shape index (κ2) is 6.66. The van der Waals surface area contributed by atoms with E-state index in [9.17, 15) is 9.59 Å². The molecule has 1 aliphatic rings. The largest absolute Gasteiger partial charge is 0.482 e. The summed E-state index contributed by atoms with van der Waals surface area (Å²) in [6, 6.07) is 9.13. The van der Waals surface area contributed by atoms with E-state index in [0.29, 0.717) is 30.1 Å². The van der Waals surface area contributed by atoms with E-state index >= 15 is 0 Å². The van der Waals surface area contributed by atoms with E-state index in [1.165, 1.54) is 0 Å². The molecule has 1 aromatic carbocycles. The maximum atomic E-state index is 12.1. The molecule has 2 amide bonds. The maximum absolute atomic E-state index is 12.1. The lowest BCUT2D eigenvalue weighted by Crippen LogP contribution is -2.38. The molecular weight excluding hydrogens is 312 g/mol. The molecule has 3 rings (SSSR count). The third kappa shape index (κ3) is 3.43. The molecule has 0 unspecified atom stereocenters. The van der Waals surface area contributed by atoms with Gasteiger partial charge in [0, 0.05) is 17.1 Å². The first-order chi connectivity index (χ1) is 11.2. The van der Waals surface area contributed by atoms with E-state index in [0.717, 1.165) is 4.88 Å². The number of thiophene rings is 1. The zero-order valence-electron chi connectivity index (χ0n) is 12.5. The number of anilines is 2. The van der Waals surface area contributed by atoms with Gasteiger partial charge in [-0.05, 0) is 29.6 Å². The highest BCUT2D eigenvalue weighted by Crippen LogP contribution is 2.34. The van der Waals surface area contributed by atoms with E-state index in [4.69, 9.17) is 4.74 Å². The first-order valence-electron chi connectivity index (χ1n) is 7.17. The van der Waals surface area contributed by atoms with Crippen LogP contribution in [0.2, 0.25) is 0 Å². The molecule has 0 aliphatic carbocycles. The number of carbonyl (C=O) groups is 2. The number of benzene rings is 1. The molecule has 5 nitrogen and oxygen atoms in total. The van der Waals surface area contributed by atoms with Gasteiger partial charge in [-0.2, -0.15) is 0 Å². The molecule has 2 aromatic rings. The van der Waals surface area contributed by atoms with Gasteiger partial charge in [0.2, 0.25) is 5.91 Å². The van der Waals surface area contributed by atoms with Crippen LogP contribution in [-0.2, 0) is 16.0 Å². The SMILES string of the molecule is C=CCN1C(=O)COc2ccc(NC(=O)Cc3cccs3)cc21. The predicted octanol–water partition coefficient (Wildman–Crippen LogP) is 2.84. The quantitative estimate of drug-likeness (QED) is 0.859. The van der Waals surface area contributed by atoms with Gasteiger partial charge in [-0.25, -0.2) is 0 Å². The van der Waals surface area contributed by atoms with Crippen LogP contribution in [0.1, 0.15) is 4.88 Å². The molecule has 0 fully saturated rings. The van der Waals surface area contributed by atoms with Gasteiger partial charge < -0.3 is 15.0 Å². The predicted molar refractivity (Wildman–Crippen MR) is 91.1 cm³/mol. The molecular formula is C17H16N2O3S. The molecule has 6 heteroatoms. The normalized spacial score (nSPS) is 13.2. The zero-order valence-corrected chi connectivity index (χ0v) is 13.3. The monoisotopic (exact) mass is 328 g/mol. The Morgan fingerprint density at radius 3 is 3.04 bits per heavy atom. The van der Waals surface area contributed by atoms with Crippen LogP contribution >= 0.6 is 11.3 Å². The Morgan fingerprint density at radius 1 is 1.43 bits per heavy atom. The lowest BCUT2D eigenvalue weighted by Gasteiger charge is -2.28. The van der Waals surface area contributed by atoms with Gasteiger partial charge in [0.1, 0.15) is 5.75 Å². The Morgan fingerprint density at radius 2 is 2.30 bits per heavy atom. The Hall–Kier alpha value is -2.60. The van der Waals surface area contributed by atoms with Crippen molar-refractivity contribution >= 4 is 34.5 Å². The summed E-state index contributed by atoms with van der Waals surface area (Å²) in [6.07, 6.45) is 2.00. The van der Waals surface area contributed by atoms with Crippen molar-refractivity contribution in [3.8, 4) is 5.75 Å². The summed E-state index contributed by atoms with van der Waals surface area (Å²) in [4.78, 5) is 26.7. The summed E-state index contributed by atoms with van der Waals surface area (Å²) in [6.45, 7) is 4.09. The lowest BCUT2D eigenvalue weighted by atomic mass is 10.2. The number of rotatable bonds is 5. The van der Waals surface area contributed by atoms with Crippen LogP contribution in [0.25, 0.3) is 0 Å². The zero-order chi connectivity index (χ0) is 16.2. The van der Waals surface area contributed by atoms with Crippen LogP contribution in [0.3, 0.4) is 0 Å². The fourth-order valence-electron chi connectivity index (χ4n) is 2.39. The topological polar surface area (TPSA) is 58.6 Å². The minimum Gasteiger partial charge on any atom is -0.482 e. The second-order valence-corrected chi connectivity index (χ2v) is 6.10. The van der Waals surface area contributed by atoms with E-state index in [-0.39, 0.29) is 18.4 Å². The minimum atomic E-state index is -0.125. The standard InChI is InChI=1S/C17H16N2O3S/c1-2-7-19-14-9-12(5-6-15(14)22-11-17(19)21)18-16(20)10-13-4-3-8-23-13/h2-6,8-9H,1,7,10-11H2,(H,18,20). The number of amides is 2. The highest BCUT2D eigenvalue weighted by atomic mass is 32.1. The summed E-state index contributed by atoms with van der Waals surface area (Å²) in [5.74, 6) is 0.410. The first kappa shape index (κ1) is 15.3. The molecule has 1 N–H and O–H groups in total. The van der Waals surface area contributed by atoms with E-state index < -0.39 is 0 Å². The Balaban J connectivity index is 1.78. The van der Waals surface area contributed by atoms with Crippen molar-refractivity contribution in [1.29, 1.82) is 0 Å². The summed E-state index contributed by atoms with van der Waals surface area (Å²) >= 11 is 1.55. The van der Waals surface area contributed by atoms with Crippen molar-refractivity contribution < 1.29 is 14.3 Å². The lowest BCUT2D eigenvalue weighted by molar-refractivity contribution is -0.121. The molecule has 23 heavy (non-hydrogen) atoms. The van der Waals surface area contributed by atoms with Crippen molar-refractivity contribution in [2.45, 2.75) is 6.42 Å². The van der Waals surface area contributed by atoms with Gasteiger partial charge in [-0.1, -0.05) is 12.1 Å². The van der Waals surface area contributed by atoms with Crippen LogP contribution in [0.15, 0.2) is 48.4 Å². The fraction of sp³-hybridized carbons (Fsp3) is 0.176. The maximum Gasteiger partial charge on any atom is 0.265 e. The van der Waals surface area contributed by atoms with Crippen molar-refractivity contribution in [3.63, 3.8) is 0 Å². The Kier molecular flexibility index (Phi) is 4.43. The van der Waals surface area contributed by atoms with Gasteiger partial charge in [-0.15, -0.1) is 17.9 Å². The Bertz CT molecular complexity index is 740. The highest BCUT2D eigenvalue weighted by molar-refractivity contribution is 7.10. The van der Waals surface area contributed by atoms with Crippen molar-refractivity contribution in [2.75, 3.05) is 23.4 Å². The van der Waals surface area contributed by atoms with Crippen LogP contribution < -0.4 is 15.0 Å². The van der Waals surface area contributed by atoms with Crippen molar-refractivity contribution in [1.82, 2.24) is 0 Å². The molecule has 0 spiro atoms. The Labute approximate surface area is 138 Å². The number of nitrogens with zero attached hydrogens (tertiary/aromatic N) is 1. The molecule has 0 bridgehead atoms. The van der Waals surface area contributed by atoms with Crippen molar-refractivity contribution in [2.24, 2.45) is 0 Å². The first-order valence-corrected chi connectivity index (χ1v) is 8.05. The van der Waals surface area contributed by atoms with Gasteiger partial charge in [0.05, 0.1) is 12.1 Å². The smallest absolute Gasteiger partial charge is 0.265 e. The van der Waals surface area contributed by atoms with Crippen molar-refractivity contribution in [3.05, 3.63) is 53.2 Å². The summed E-state index contributed by atoms with van der Waals surface area (Å²) in [5, 5.41) is 4.80. The van der Waals surface area contributed by atoms with Gasteiger partial charge >= 0.3 is 0 Å². The summed E-state index contributed by atoms with van der Waals surface area (Å²) in [7, 11) is 0. The van der Waals surface area contributed by atoms with Gasteiger partial charge in [-0.3, -0.25) is 9.59 Å². The number of fused-ring (bicyclic) bond motifs is 1. The number of hydrogen-bond donors (Lipinski definition) is 1. The third-order valence-corrected chi connectivity index (χ3v) is 4.29. The molecule has 1 aromatic heterocycles. The van der Waals surface area contributed by atoms with E-state index in [1.807, 2.05) is 17.5 Å². The van der Waals surface area contributed by atoms with Crippen LogP contribution in [0.5, 0.6) is 5.75 Å². The number of hydrogen-bond acceptors (Lipinski definition) is 4. The third-order valence-electron chi connectivity index (χ3n) is 3.41. The second-order valence-electron chi connectivity index (χ2n) is 5.07.